The first-order valence-electron chi connectivity index (χ1n) is 12.6. The average Bonchev–Trinajstić information content (AvgIpc) is 3.45. The number of nitrogens with one attached hydrogen (secondary N) is 1. The molecule has 7 nitrogen and oxygen atoms in total. The maximum atomic E-state index is 13.1. The molecule has 0 spiro atoms. The Morgan fingerprint density at radius 1 is 1.00 bits per heavy atom. The summed E-state index contributed by atoms with van der Waals surface area (Å²) in [5.74, 6) is -1.52. The molecule has 35 heavy (non-hydrogen) atoms. The van der Waals surface area contributed by atoms with E-state index in [1.807, 2.05) is 31.2 Å². The molecule has 2 aromatic rings. The second kappa shape index (κ2) is 9.72. The van der Waals surface area contributed by atoms with Crippen LogP contribution in [0.1, 0.15) is 56.1 Å². The maximum absolute atomic E-state index is 13.1. The second-order valence-corrected chi connectivity index (χ2v) is 10.0. The SMILES string of the molecule is CC1C(C(=O)O)CCCN1C(=O)[C@H]1CC[C@@H](NC(=O)OCC2c3ccccc3-c3ccccc32)C1. The fourth-order valence-electron chi connectivity index (χ4n) is 6.16. The van der Waals surface area contributed by atoms with Crippen LogP contribution in [0.2, 0.25) is 0 Å². The number of nitrogens with zero attached hydrogens (tertiary/aromatic N) is 1. The zero-order valence-corrected chi connectivity index (χ0v) is 20.0. The summed E-state index contributed by atoms with van der Waals surface area (Å²) >= 11 is 0. The molecule has 1 saturated carbocycles. The van der Waals surface area contributed by atoms with Crippen molar-refractivity contribution in [3.05, 3.63) is 59.7 Å². The van der Waals surface area contributed by atoms with Crippen LogP contribution in [0, 0.1) is 11.8 Å². The van der Waals surface area contributed by atoms with E-state index in [-0.39, 0.29) is 36.4 Å². The van der Waals surface area contributed by atoms with Crippen LogP contribution in [0.4, 0.5) is 4.79 Å². The van der Waals surface area contributed by atoms with Gasteiger partial charge < -0.3 is 20.1 Å². The highest BCUT2D eigenvalue weighted by Gasteiger charge is 2.40. The lowest BCUT2D eigenvalue weighted by Crippen LogP contribution is -2.51. The number of alkyl carbamates (subject to hydrolysis) is 1. The smallest absolute Gasteiger partial charge is 0.407 e. The third-order valence-electron chi connectivity index (χ3n) is 8.04. The number of piperidine rings is 1. The Morgan fingerprint density at radius 2 is 1.66 bits per heavy atom. The van der Waals surface area contributed by atoms with Crippen LogP contribution in [0.3, 0.4) is 0 Å². The molecule has 0 radical (unpaired) electrons. The van der Waals surface area contributed by atoms with E-state index in [1.165, 1.54) is 22.3 Å². The molecule has 0 bridgehead atoms. The van der Waals surface area contributed by atoms with E-state index in [0.29, 0.717) is 38.6 Å². The first-order chi connectivity index (χ1) is 16.9. The lowest BCUT2D eigenvalue weighted by molar-refractivity contribution is -0.150. The van der Waals surface area contributed by atoms with Crippen LogP contribution < -0.4 is 5.32 Å². The van der Waals surface area contributed by atoms with Gasteiger partial charge in [0, 0.05) is 30.5 Å². The molecule has 1 aliphatic heterocycles. The minimum absolute atomic E-state index is 0.00817. The standard InChI is InChI=1S/C28H32N2O5/c1-17-20(27(32)33)11-6-14-30(17)26(31)18-12-13-19(15-18)29-28(34)35-16-25-23-9-4-2-7-21(23)22-8-3-5-10-24(22)25/h2-5,7-10,17-20,25H,6,11-16H2,1H3,(H,29,34)(H,32,33)/t17?,18-,19+,20?/m0/s1. The summed E-state index contributed by atoms with van der Waals surface area (Å²) in [5.41, 5.74) is 4.71. The van der Waals surface area contributed by atoms with Gasteiger partial charge in [0.05, 0.1) is 5.92 Å². The zero-order valence-electron chi connectivity index (χ0n) is 20.0. The van der Waals surface area contributed by atoms with Gasteiger partial charge in [-0.2, -0.15) is 0 Å². The van der Waals surface area contributed by atoms with E-state index < -0.39 is 18.0 Å². The summed E-state index contributed by atoms with van der Waals surface area (Å²) in [5, 5.41) is 12.4. The molecular formula is C28H32N2O5. The lowest BCUT2D eigenvalue weighted by Gasteiger charge is -2.38. The Morgan fingerprint density at radius 3 is 2.31 bits per heavy atom. The Labute approximate surface area is 205 Å². The number of carbonyl (C=O) groups is 3. The van der Waals surface area contributed by atoms with Gasteiger partial charge in [-0.15, -0.1) is 0 Å². The molecule has 7 heteroatoms. The first kappa shape index (κ1) is 23.4. The molecule has 2 aliphatic carbocycles. The highest BCUT2D eigenvalue weighted by Crippen LogP contribution is 2.44. The van der Waals surface area contributed by atoms with E-state index in [4.69, 9.17) is 4.74 Å². The summed E-state index contributed by atoms with van der Waals surface area (Å²) in [6, 6.07) is 16.0. The predicted octanol–water partition coefficient (Wildman–Crippen LogP) is 4.41. The van der Waals surface area contributed by atoms with Gasteiger partial charge in [-0.25, -0.2) is 4.79 Å². The third kappa shape index (κ3) is 4.51. The number of carboxylic acids is 1. The van der Waals surface area contributed by atoms with Crippen molar-refractivity contribution in [2.75, 3.05) is 13.2 Å². The van der Waals surface area contributed by atoms with Crippen molar-refractivity contribution in [1.82, 2.24) is 10.2 Å². The Balaban J connectivity index is 1.15. The molecule has 1 heterocycles. The van der Waals surface area contributed by atoms with Crippen LogP contribution >= 0.6 is 0 Å². The normalized spacial score (nSPS) is 25.6. The number of benzene rings is 2. The maximum Gasteiger partial charge on any atom is 0.407 e. The van der Waals surface area contributed by atoms with Crippen LogP contribution in [-0.2, 0) is 14.3 Å². The molecule has 2 amide bonds. The minimum Gasteiger partial charge on any atom is -0.481 e. The Kier molecular flexibility index (Phi) is 6.50. The highest BCUT2D eigenvalue weighted by atomic mass is 16.5. The number of likely N-dealkylation sites (tertiary alicyclic amines) is 1. The first-order valence-corrected chi connectivity index (χ1v) is 12.6. The van der Waals surface area contributed by atoms with Gasteiger partial charge >= 0.3 is 12.1 Å². The number of aliphatic carboxylic acids is 1. The molecule has 2 N–H and O–H groups in total. The molecule has 2 unspecified atom stereocenters. The Hall–Kier alpha value is -3.35. The van der Waals surface area contributed by atoms with Crippen molar-refractivity contribution in [3.8, 4) is 11.1 Å². The highest BCUT2D eigenvalue weighted by molar-refractivity contribution is 5.81. The molecule has 3 aliphatic rings. The summed E-state index contributed by atoms with van der Waals surface area (Å²) in [7, 11) is 0. The van der Waals surface area contributed by atoms with Crippen molar-refractivity contribution in [1.29, 1.82) is 0 Å². The number of fused-ring (bicyclic) bond motifs is 3. The van der Waals surface area contributed by atoms with Gasteiger partial charge in [-0.05, 0) is 61.3 Å². The van der Waals surface area contributed by atoms with Crippen molar-refractivity contribution in [2.45, 2.75) is 57.0 Å². The fraction of sp³-hybridized carbons (Fsp3) is 0.464. The average molecular weight is 477 g/mol. The van der Waals surface area contributed by atoms with Crippen molar-refractivity contribution in [2.24, 2.45) is 11.8 Å². The molecule has 1 saturated heterocycles. The molecular weight excluding hydrogens is 444 g/mol. The number of ether oxygens (including phenoxy) is 1. The summed E-state index contributed by atoms with van der Waals surface area (Å²) in [4.78, 5) is 39.0. The second-order valence-electron chi connectivity index (χ2n) is 10.0. The zero-order chi connectivity index (χ0) is 24.5. The van der Waals surface area contributed by atoms with Gasteiger partial charge in [-0.1, -0.05) is 48.5 Å². The molecule has 184 valence electrons. The van der Waals surface area contributed by atoms with E-state index in [2.05, 4.69) is 29.6 Å². The van der Waals surface area contributed by atoms with Crippen LogP contribution in [0.25, 0.3) is 11.1 Å². The molecule has 0 aromatic heterocycles. The third-order valence-corrected chi connectivity index (χ3v) is 8.04. The fourth-order valence-corrected chi connectivity index (χ4v) is 6.16. The number of carbonyl (C=O) groups excluding carboxylic acids is 2. The summed E-state index contributed by atoms with van der Waals surface area (Å²) in [6.45, 7) is 2.69. The molecule has 2 aromatic carbocycles. The van der Waals surface area contributed by atoms with Crippen LogP contribution in [0.15, 0.2) is 48.5 Å². The van der Waals surface area contributed by atoms with Gasteiger partial charge in [0.2, 0.25) is 5.91 Å². The summed E-state index contributed by atoms with van der Waals surface area (Å²) < 4.78 is 5.66. The van der Waals surface area contributed by atoms with Gasteiger partial charge in [0.25, 0.3) is 0 Å². The van der Waals surface area contributed by atoms with Gasteiger partial charge in [0.15, 0.2) is 0 Å². The largest absolute Gasteiger partial charge is 0.481 e. The number of hydrogen-bond donors (Lipinski definition) is 2. The van der Waals surface area contributed by atoms with Crippen molar-refractivity contribution < 1.29 is 24.2 Å². The molecule has 4 atom stereocenters. The van der Waals surface area contributed by atoms with Crippen molar-refractivity contribution in [3.63, 3.8) is 0 Å². The lowest BCUT2D eigenvalue weighted by atomic mass is 9.89. The van der Waals surface area contributed by atoms with E-state index in [9.17, 15) is 19.5 Å². The van der Waals surface area contributed by atoms with Crippen LogP contribution in [0.5, 0.6) is 0 Å². The molecule has 5 rings (SSSR count). The van der Waals surface area contributed by atoms with Crippen LogP contribution in [-0.4, -0.2) is 53.2 Å². The number of hydrogen-bond acceptors (Lipinski definition) is 4. The predicted molar refractivity (Wildman–Crippen MR) is 131 cm³/mol. The number of rotatable bonds is 5. The van der Waals surface area contributed by atoms with E-state index in [1.54, 1.807) is 4.90 Å². The quantitative estimate of drug-likeness (QED) is 0.667. The Bertz CT molecular complexity index is 1090. The monoisotopic (exact) mass is 476 g/mol. The van der Waals surface area contributed by atoms with E-state index >= 15 is 0 Å². The number of carboxylic acid groups (broad SMARTS) is 1. The van der Waals surface area contributed by atoms with Crippen molar-refractivity contribution >= 4 is 18.0 Å². The van der Waals surface area contributed by atoms with Gasteiger partial charge in [-0.3, -0.25) is 9.59 Å². The van der Waals surface area contributed by atoms with Gasteiger partial charge in [0.1, 0.15) is 6.61 Å². The molecule has 2 fully saturated rings. The number of amides is 2. The summed E-state index contributed by atoms with van der Waals surface area (Å²) in [6.07, 6.45) is 2.82. The minimum atomic E-state index is -0.837. The van der Waals surface area contributed by atoms with E-state index in [0.717, 1.165) is 0 Å². The topological polar surface area (TPSA) is 95.9 Å².